The zero-order chi connectivity index (χ0) is 12.8. The van der Waals surface area contributed by atoms with Crippen LogP contribution in [0.15, 0.2) is 18.2 Å². The van der Waals surface area contributed by atoms with Gasteiger partial charge in [0.05, 0.1) is 0 Å². The lowest BCUT2D eigenvalue weighted by molar-refractivity contribution is 0.468. The van der Waals surface area contributed by atoms with Crippen LogP contribution in [0.2, 0.25) is 5.02 Å². The van der Waals surface area contributed by atoms with Crippen LogP contribution < -0.4 is 10.6 Å². The highest BCUT2D eigenvalue weighted by Crippen LogP contribution is 2.14. The highest BCUT2D eigenvalue weighted by molar-refractivity contribution is 6.30. The molecule has 0 saturated carbocycles. The molecule has 1 atom stereocenters. The highest BCUT2D eigenvalue weighted by Gasteiger charge is 2.06. The van der Waals surface area contributed by atoms with Crippen LogP contribution in [-0.4, -0.2) is 18.6 Å². The van der Waals surface area contributed by atoms with Crippen molar-refractivity contribution in [1.29, 1.82) is 0 Å². The number of nitrogens with one attached hydrogen (secondary N) is 2. The monoisotopic (exact) mass is 258 g/mol. The molecule has 0 aromatic heterocycles. The molecule has 1 unspecified atom stereocenters. The zero-order valence-electron chi connectivity index (χ0n) is 10.6. The van der Waals surface area contributed by atoms with Crippen molar-refractivity contribution >= 4 is 11.6 Å². The Kier molecular flexibility index (Phi) is 5.89. The second-order valence-electron chi connectivity index (χ2n) is 4.58. The summed E-state index contributed by atoms with van der Waals surface area (Å²) < 4.78 is 13.4. The first-order valence-electron chi connectivity index (χ1n) is 5.89. The van der Waals surface area contributed by atoms with Crippen LogP contribution in [0, 0.1) is 5.82 Å². The zero-order valence-corrected chi connectivity index (χ0v) is 11.3. The molecule has 1 aromatic carbocycles. The van der Waals surface area contributed by atoms with Crippen LogP contribution in [0.3, 0.4) is 0 Å². The predicted molar refractivity (Wildman–Crippen MR) is 70.9 cm³/mol. The third kappa shape index (κ3) is 5.48. The molecular weight excluding hydrogens is 239 g/mol. The molecule has 2 N–H and O–H groups in total. The quantitative estimate of drug-likeness (QED) is 0.820. The Hall–Kier alpha value is -0.640. The fraction of sp³-hybridized carbons (Fsp3) is 0.538. The Morgan fingerprint density at radius 1 is 1.24 bits per heavy atom. The van der Waals surface area contributed by atoms with E-state index in [4.69, 9.17) is 11.6 Å². The van der Waals surface area contributed by atoms with E-state index in [-0.39, 0.29) is 11.9 Å². The van der Waals surface area contributed by atoms with E-state index >= 15 is 0 Å². The summed E-state index contributed by atoms with van der Waals surface area (Å²) in [6.45, 7) is 7.62. The van der Waals surface area contributed by atoms with E-state index in [1.165, 1.54) is 6.07 Å². The van der Waals surface area contributed by atoms with Gasteiger partial charge in [-0.25, -0.2) is 4.39 Å². The largest absolute Gasteiger partial charge is 0.313 e. The van der Waals surface area contributed by atoms with Gasteiger partial charge in [-0.15, -0.1) is 0 Å². The molecule has 0 fully saturated rings. The molecule has 0 spiro atoms. The lowest BCUT2D eigenvalue weighted by Crippen LogP contribution is -2.38. The smallest absolute Gasteiger partial charge is 0.127 e. The number of benzene rings is 1. The average Bonchev–Trinajstić information content (AvgIpc) is 2.27. The Balaban J connectivity index is 2.41. The summed E-state index contributed by atoms with van der Waals surface area (Å²) in [5, 5.41) is 7.15. The molecule has 0 radical (unpaired) electrons. The predicted octanol–water partition coefficient (Wildman–Crippen LogP) is 2.96. The summed E-state index contributed by atoms with van der Waals surface area (Å²) in [6.07, 6.45) is 0. The van der Waals surface area contributed by atoms with Crippen molar-refractivity contribution in [2.45, 2.75) is 39.4 Å². The van der Waals surface area contributed by atoms with E-state index in [1.54, 1.807) is 12.1 Å². The third-order valence-corrected chi connectivity index (χ3v) is 2.72. The first-order valence-corrected chi connectivity index (χ1v) is 6.27. The number of rotatable bonds is 6. The van der Waals surface area contributed by atoms with E-state index in [1.807, 2.05) is 0 Å². The Bertz CT molecular complexity index is 355. The minimum absolute atomic E-state index is 0.217. The molecule has 0 saturated heterocycles. The van der Waals surface area contributed by atoms with Gasteiger partial charge >= 0.3 is 0 Å². The van der Waals surface area contributed by atoms with Crippen molar-refractivity contribution in [2.24, 2.45) is 0 Å². The summed E-state index contributed by atoms with van der Waals surface area (Å²) in [7, 11) is 0. The summed E-state index contributed by atoms with van der Waals surface area (Å²) in [5.74, 6) is -0.217. The molecule has 96 valence electrons. The van der Waals surface area contributed by atoms with Gasteiger partial charge in [-0.05, 0) is 25.1 Å². The lowest BCUT2D eigenvalue weighted by Gasteiger charge is -2.16. The fourth-order valence-corrected chi connectivity index (χ4v) is 1.64. The number of hydrogen-bond acceptors (Lipinski definition) is 2. The third-order valence-electron chi connectivity index (χ3n) is 2.48. The molecular formula is C13H20ClFN2. The second kappa shape index (κ2) is 6.94. The summed E-state index contributed by atoms with van der Waals surface area (Å²) in [6, 6.07) is 5.37. The topological polar surface area (TPSA) is 24.1 Å². The maximum absolute atomic E-state index is 13.4. The molecule has 0 aliphatic rings. The molecule has 0 aliphatic heterocycles. The van der Waals surface area contributed by atoms with Gasteiger partial charge in [-0.1, -0.05) is 25.4 Å². The van der Waals surface area contributed by atoms with E-state index in [0.717, 1.165) is 6.54 Å². The van der Waals surface area contributed by atoms with Crippen molar-refractivity contribution in [3.8, 4) is 0 Å². The van der Waals surface area contributed by atoms with Crippen LogP contribution >= 0.6 is 11.6 Å². The molecule has 0 amide bonds. The summed E-state index contributed by atoms with van der Waals surface area (Å²) in [4.78, 5) is 0. The molecule has 0 bridgehead atoms. The van der Waals surface area contributed by atoms with Gasteiger partial charge in [0.25, 0.3) is 0 Å². The normalized spacial score (nSPS) is 13.1. The minimum atomic E-state index is -0.217. The highest BCUT2D eigenvalue weighted by atomic mass is 35.5. The number of hydrogen-bond donors (Lipinski definition) is 2. The molecule has 1 aromatic rings. The maximum Gasteiger partial charge on any atom is 0.127 e. The van der Waals surface area contributed by atoms with Gasteiger partial charge in [0, 0.05) is 35.8 Å². The summed E-state index contributed by atoms with van der Waals surface area (Å²) >= 11 is 5.83. The minimum Gasteiger partial charge on any atom is -0.313 e. The van der Waals surface area contributed by atoms with Crippen LogP contribution in [0.5, 0.6) is 0 Å². The van der Waals surface area contributed by atoms with Crippen molar-refractivity contribution in [1.82, 2.24) is 10.6 Å². The second-order valence-corrected chi connectivity index (χ2v) is 5.02. The molecule has 0 heterocycles. The number of halogens is 2. The fourth-order valence-electron chi connectivity index (χ4n) is 1.45. The first-order chi connectivity index (χ1) is 7.99. The molecule has 0 aliphatic carbocycles. The standard InChI is InChI=1S/C13H20ClFN2/c1-9(2)16-7-10(3)17-8-11-6-12(14)4-5-13(11)15/h4-6,9-10,16-17H,7-8H2,1-3H3. The lowest BCUT2D eigenvalue weighted by atomic mass is 10.2. The van der Waals surface area contributed by atoms with Gasteiger partial charge < -0.3 is 10.6 Å². The van der Waals surface area contributed by atoms with E-state index < -0.39 is 0 Å². The van der Waals surface area contributed by atoms with Gasteiger partial charge in [0.15, 0.2) is 0 Å². The van der Waals surface area contributed by atoms with Crippen molar-refractivity contribution in [3.05, 3.63) is 34.6 Å². The van der Waals surface area contributed by atoms with Gasteiger partial charge in [-0.2, -0.15) is 0 Å². The van der Waals surface area contributed by atoms with Gasteiger partial charge in [-0.3, -0.25) is 0 Å². The van der Waals surface area contributed by atoms with Crippen molar-refractivity contribution < 1.29 is 4.39 Å². The van der Waals surface area contributed by atoms with Crippen molar-refractivity contribution in [2.75, 3.05) is 6.54 Å². The molecule has 1 rings (SSSR count). The van der Waals surface area contributed by atoms with Crippen LogP contribution in [0.4, 0.5) is 4.39 Å². The van der Waals surface area contributed by atoms with Crippen molar-refractivity contribution in [3.63, 3.8) is 0 Å². The first kappa shape index (κ1) is 14.4. The molecule has 4 heteroatoms. The summed E-state index contributed by atoms with van der Waals surface area (Å²) in [5.41, 5.74) is 0.605. The average molecular weight is 259 g/mol. The Morgan fingerprint density at radius 3 is 2.59 bits per heavy atom. The SMILES string of the molecule is CC(C)NCC(C)NCc1cc(Cl)ccc1F. The van der Waals surface area contributed by atoms with E-state index in [0.29, 0.717) is 23.2 Å². The van der Waals surface area contributed by atoms with E-state index in [2.05, 4.69) is 31.4 Å². The molecule has 17 heavy (non-hydrogen) atoms. The van der Waals surface area contributed by atoms with E-state index in [9.17, 15) is 4.39 Å². The molecule has 2 nitrogen and oxygen atoms in total. The Morgan fingerprint density at radius 2 is 1.94 bits per heavy atom. The van der Waals surface area contributed by atoms with Gasteiger partial charge in [0.1, 0.15) is 5.82 Å². The maximum atomic E-state index is 13.4. The van der Waals surface area contributed by atoms with Crippen LogP contribution in [0.25, 0.3) is 0 Å². The van der Waals surface area contributed by atoms with Crippen LogP contribution in [0.1, 0.15) is 26.3 Å². The Labute approximate surface area is 108 Å². The van der Waals surface area contributed by atoms with Crippen LogP contribution in [-0.2, 0) is 6.54 Å². The van der Waals surface area contributed by atoms with Gasteiger partial charge in [0.2, 0.25) is 0 Å².